The number of allylic oxidation sites excluding steroid dienone is 6. The van der Waals surface area contributed by atoms with E-state index in [1.165, 1.54) is 17.8 Å². The van der Waals surface area contributed by atoms with E-state index in [4.69, 9.17) is 68.5 Å². The molecule has 27 nitrogen and oxygen atoms in total. The Morgan fingerprint density at radius 1 is 0.793 bits per heavy atom. The van der Waals surface area contributed by atoms with Crippen molar-refractivity contribution in [1.29, 1.82) is 0 Å². The van der Waals surface area contributed by atoms with Crippen LogP contribution in [-0.4, -0.2) is 127 Å². The molecule has 15 N–H and O–H groups in total. The standard InChI is InChI=1S/C62H90N13O14P.CH3.Co/c1-29-20-39-40(21-30(29)2)75(28-70-39)57-52(84)53(41(27-76)87-57)89-90(85,86)88-31(3)26-69-49(83)18-19-59(8)37(22-46(66)80)56-62(11)61(10,25-48(68)82)36(14-17-45(65)79)51(74-62)33(5)55-60(9,24-47(67)81)34(12-15-43(63)77)38(71-55)23-42-58(6,7)35(13-16-44(64)78)50(72-42)32(4)54(59)73-56;;/h20-21,23,28,31,34-37,41,52-53,56-57,76,84H,12-19,22,24-27H2,1-11H3,(H15,63,64,65,66,67,68,69,71,72,73,74,77,78,79,80,81,82,83,85,86);1H3;/q;-1;+3/p-2/t31-,34-,35+,36+,37+,41-,52-,53+,56+,57-,59+,60-,61-,62-;;/m1../s1. The van der Waals surface area contributed by atoms with Crippen molar-refractivity contribution in [3.8, 4) is 0 Å². The van der Waals surface area contributed by atoms with E-state index < -0.39 is 143 Å². The number of nitrogens with two attached hydrogens (primary N) is 6. The van der Waals surface area contributed by atoms with Crippen molar-refractivity contribution < 1.29 is 83.8 Å². The van der Waals surface area contributed by atoms with Gasteiger partial charge in [0.05, 0.1) is 41.3 Å². The Hall–Kier alpha value is -6.49. The van der Waals surface area contributed by atoms with Gasteiger partial charge in [-0.1, -0.05) is 40.7 Å². The summed E-state index contributed by atoms with van der Waals surface area (Å²) in [5.74, 6) is -7.40. The Balaban J connectivity index is 0.00000672. The van der Waals surface area contributed by atoms with Crippen LogP contribution in [0.1, 0.15) is 150 Å². The van der Waals surface area contributed by atoms with Gasteiger partial charge in [-0.3, -0.25) is 53.1 Å². The molecule has 2 aromatic rings. The first-order chi connectivity index (χ1) is 41.8. The predicted molar refractivity (Wildman–Crippen MR) is 338 cm³/mol. The third-order valence-electron chi connectivity index (χ3n) is 20.5. The van der Waals surface area contributed by atoms with Gasteiger partial charge in [-0.2, -0.15) is 5.70 Å². The minimum absolute atomic E-state index is 0. The van der Waals surface area contributed by atoms with Gasteiger partial charge in [0.15, 0.2) is 6.23 Å². The van der Waals surface area contributed by atoms with Crippen LogP contribution in [0.5, 0.6) is 0 Å². The smallest absolute Gasteiger partial charge is 0.756 e. The minimum Gasteiger partial charge on any atom is -0.756 e. The number of primary amides is 6. The average molecular weight is 1340 g/mol. The number of aliphatic imine (C=N–C) groups is 3. The summed E-state index contributed by atoms with van der Waals surface area (Å²) in [6, 6.07) is 2.65. The van der Waals surface area contributed by atoms with Crippen LogP contribution in [0.2, 0.25) is 0 Å². The number of hydrogen-bond acceptors (Lipinski definition) is 18. The zero-order valence-electron chi connectivity index (χ0n) is 54.5. The van der Waals surface area contributed by atoms with Gasteiger partial charge in [-0.25, -0.2) is 4.98 Å². The SMILES string of the molecule is C/C1=C2N=C(/C=C3N=C(/C(C)=C4\[N-][C@@H]([C@H](CC(N)=O)[C@]4(C)CCC(=O)NC[C@@H](C)OP(=O)([O-])O[C@@H]4[C@@H](O)[C@H](n5cnc6cc(C)c(C)cc65)O[C@@H]4CO)[C@@]4(C)N=C1[C@H](CCC(N)=O)[C@@]4(C)CC(N)=O)[C@H](CCC(N)=O)C\3(C)C)[C@@H](CCC(N)=O)[C@@]/2(C)CC(N)=O.[CH3-].[Co+3]. The van der Waals surface area contributed by atoms with Crippen molar-refractivity contribution >= 4 is 77.3 Å². The van der Waals surface area contributed by atoms with E-state index in [0.717, 1.165) is 11.1 Å². The summed E-state index contributed by atoms with van der Waals surface area (Å²) in [7, 11) is -5.32. The first-order valence-electron chi connectivity index (χ1n) is 30.5. The van der Waals surface area contributed by atoms with E-state index in [1.54, 1.807) is 6.92 Å². The Morgan fingerprint density at radius 3 is 1.96 bits per heavy atom. The predicted octanol–water partition coefficient (Wildman–Crippen LogP) is 3.76. The third kappa shape index (κ3) is 14.1. The van der Waals surface area contributed by atoms with E-state index >= 15 is 0 Å². The molecule has 8 bridgehead atoms. The average Bonchev–Trinajstić information content (AvgIpc) is 1.53. The quantitative estimate of drug-likeness (QED) is 0.0478. The summed E-state index contributed by atoms with van der Waals surface area (Å²) in [6.07, 6.45) is -4.79. The number of amides is 7. The summed E-state index contributed by atoms with van der Waals surface area (Å²) in [5.41, 5.74) is 36.7. The van der Waals surface area contributed by atoms with Crippen molar-refractivity contribution in [1.82, 2.24) is 14.9 Å². The Kier molecular flexibility index (Phi) is 22.6. The summed E-state index contributed by atoms with van der Waals surface area (Å²) in [4.78, 5) is 128. The van der Waals surface area contributed by atoms with Crippen LogP contribution in [0, 0.1) is 66.6 Å². The number of hydrogen-bond donors (Lipinski definition) is 9. The largest absolute Gasteiger partial charge is 3.00 e. The van der Waals surface area contributed by atoms with Crippen LogP contribution >= 0.6 is 7.82 Å². The van der Waals surface area contributed by atoms with Crippen LogP contribution in [0.3, 0.4) is 0 Å². The molecule has 2 saturated heterocycles. The van der Waals surface area contributed by atoms with Crippen molar-refractivity contribution in [2.24, 2.45) is 94.7 Å². The number of aromatic nitrogens is 2. The van der Waals surface area contributed by atoms with Gasteiger partial charge >= 0.3 is 16.8 Å². The van der Waals surface area contributed by atoms with E-state index in [0.29, 0.717) is 56.4 Å². The second-order valence-corrected chi connectivity index (χ2v) is 28.3. The number of aliphatic hydroxyl groups excluding tert-OH is 2. The number of aliphatic hydroxyl groups is 2. The number of carbonyl (C=O) groups is 7. The normalized spacial score (nSPS) is 33.5. The molecule has 1 aromatic carbocycles. The minimum atomic E-state index is -5.32. The van der Waals surface area contributed by atoms with Crippen LogP contribution in [-0.2, 0) is 68.7 Å². The number of ether oxygens (including phenoxy) is 1. The van der Waals surface area contributed by atoms with Crippen molar-refractivity contribution in [3.05, 3.63) is 76.6 Å². The van der Waals surface area contributed by atoms with Crippen LogP contribution < -0.4 is 44.6 Å². The van der Waals surface area contributed by atoms with Crippen molar-refractivity contribution in [3.63, 3.8) is 0 Å². The van der Waals surface area contributed by atoms with E-state index in [9.17, 15) is 53.2 Å². The molecule has 0 spiro atoms. The number of carbonyl (C=O) groups excluding carboxylic acids is 7. The van der Waals surface area contributed by atoms with Crippen molar-refractivity contribution in [2.45, 2.75) is 189 Å². The van der Waals surface area contributed by atoms with Crippen LogP contribution in [0.15, 0.2) is 67.8 Å². The Morgan fingerprint density at radius 2 is 1.38 bits per heavy atom. The van der Waals surface area contributed by atoms with Gasteiger partial charge in [-0.05, 0) is 119 Å². The fourth-order valence-corrected chi connectivity index (χ4v) is 16.4. The Labute approximate surface area is 547 Å². The second kappa shape index (κ2) is 27.8. The molecule has 92 heavy (non-hydrogen) atoms. The molecular formula is C63H91CoN13O14P. The molecule has 0 radical (unpaired) electrons. The number of rotatable bonds is 26. The number of fused-ring (bicyclic) bond motifs is 7. The monoisotopic (exact) mass is 1340 g/mol. The summed E-state index contributed by atoms with van der Waals surface area (Å²) < 4.78 is 31.9. The zero-order chi connectivity index (χ0) is 66.7. The maximum absolute atomic E-state index is 14.4. The molecule has 7 amide bonds. The summed E-state index contributed by atoms with van der Waals surface area (Å²) >= 11 is 0. The van der Waals surface area contributed by atoms with Crippen LogP contribution in [0.4, 0.5) is 0 Å². The number of phosphoric acid groups is 1. The molecule has 29 heteroatoms. The number of imidazole rings is 1. The van der Waals surface area contributed by atoms with Crippen LogP contribution in [0.25, 0.3) is 16.4 Å². The van der Waals surface area contributed by atoms with Gasteiger partial charge in [0.2, 0.25) is 41.4 Å². The molecule has 15 atom stereocenters. The van der Waals surface area contributed by atoms with Gasteiger partial charge in [0.1, 0.15) is 18.3 Å². The third-order valence-corrected chi connectivity index (χ3v) is 21.6. The van der Waals surface area contributed by atoms with E-state index in [2.05, 4.69) is 10.3 Å². The molecule has 0 saturated carbocycles. The number of phosphoric ester groups is 1. The molecule has 6 aliphatic rings. The number of benzene rings is 1. The number of aryl methyl sites for hydroxylation is 2. The molecular weight excluding hydrogens is 1250 g/mol. The summed E-state index contributed by atoms with van der Waals surface area (Å²) in [5, 5.41) is 30.1. The Bertz CT molecular complexity index is 3540. The van der Waals surface area contributed by atoms with Gasteiger partial charge in [-0.15, -0.1) is 0 Å². The topological polar surface area (TPSA) is 465 Å². The molecule has 6 aliphatic heterocycles. The molecule has 8 rings (SSSR count). The molecule has 1 aromatic heterocycles. The zero-order valence-corrected chi connectivity index (χ0v) is 56.4. The van der Waals surface area contributed by atoms with Gasteiger partial charge < -0.3 is 85.9 Å². The molecule has 1 unspecified atom stereocenters. The molecule has 506 valence electrons. The summed E-state index contributed by atoms with van der Waals surface area (Å²) in [6.45, 7) is 19.0. The van der Waals surface area contributed by atoms with E-state index in [-0.39, 0.29) is 101 Å². The van der Waals surface area contributed by atoms with Gasteiger partial charge in [0, 0.05) is 108 Å². The fraction of sp³-hybridized carbons (Fsp3) is 0.619. The number of nitrogens with one attached hydrogen (secondary N) is 1. The number of nitrogens with zero attached hydrogens (tertiary/aromatic N) is 6. The maximum atomic E-state index is 14.4. The molecule has 0 aliphatic carbocycles. The van der Waals surface area contributed by atoms with Gasteiger partial charge in [0.25, 0.3) is 7.82 Å². The van der Waals surface area contributed by atoms with Crippen molar-refractivity contribution in [2.75, 3.05) is 13.2 Å². The fourth-order valence-electron chi connectivity index (χ4n) is 15.3. The van der Waals surface area contributed by atoms with E-state index in [1.807, 2.05) is 80.5 Å². The maximum Gasteiger partial charge on any atom is 3.00 e. The first kappa shape index (κ1) is 74.5. The molecule has 2 fully saturated rings. The second-order valence-electron chi connectivity index (χ2n) is 27.0. The first-order valence-corrected chi connectivity index (χ1v) is 32.0. The molecule has 7 heterocycles.